The van der Waals surface area contributed by atoms with Gasteiger partial charge in [-0.2, -0.15) is 0 Å². The predicted octanol–water partition coefficient (Wildman–Crippen LogP) is 1.65. The molecule has 1 aromatic rings. The highest BCUT2D eigenvalue weighted by Crippen LogP contribution is 2.11. The summed E-state index contributed by atoms with van der Waals surface area (Å²) in [5, 5.41) is 5.50. The monoisotopic (exact) mass is 278 g/mol. The molecular formula is C12H17ClF2N2O. The van der Waals surface area contributed by atoms with Crippen LogP contribution in [0.5, 0.6) is 0 Å². The van der Waals surface area contributed by atoms with E-state index >= 15 is 0 Å². The zero-order valence-electron chi connectivity index (χ0n) is 10.1. The highest BCUT2D eigenvalue weighted by Gasteiger charge is 2.07. The third-order valence-corrected chi connectivity index (χ3v) is 2.35. The average Bonchev–Trinajstić information content (AvgIpc) is 2.32. The van der Waals surface area contributed by atoms with Gasteiger partial charge in [0.1, 0.15) is 0 Å². The van der Waals surface area contributed by atoms with Gasteiger partial charge in [-0.1, -0.05) is 12.1 Å². The van der Waals surface area contributed by atoms with Crippen molar-refractivity contribution in [3.8, 4) is 0 Å². The third-order valence-electron chi connectivity index (χ3n) is 2.35. The summed E-state index contributed by atoms with van der Waals surface area (Å²) in [5.74, 6) is -1.79. The lowest BCUT2D eigenvalue weighted by Gasteiger charge is -2.06. The van der Waals surface area contributed by atoms with Crippen molar-refractivity contribution in [3.05, 3.63) is 35.4 Å². The summed E-state index contributed by atoms with van der Waals surface area (Å²) in [4.78, 5) is 11.2. The maximum atomic E-state index is 13.2. The van der Waals surface area contributed by atoms with Crippen molar-refractivity contribution in [2.45, 2.75) is 12.8 Å². The van der Waals surface area contributed by atoms with Gasteiger partial charge in [0.05, 0.1) is 0 Å². The molecule has 0 aliphatic carbocycles. The van der Waals surface area contributed by atoms with E-state index in [-0.39, 0.29) is 30.3 Å². The lowest BCUT2D eigenvalue weighted by Crippen LogP contribution is -2.28. The summed E-state index contributed by atoms with van der Waals surface area (Å²) in [6, 6.07) is 4.04. The molecule has 0 fully saturated rings. The Balaban J connectivity index is 0.00000289. The van der Waals surface area contributed by atoms with Gasteiger partial charge in [0, 0.05) is 19.5 Å². The van der Waals surface area contributed by atoms with Crippen molar-refractivity contribution in [2.75, 3.05) is 20.1 Å². The molecule has 0 saturated heterocycles. The summed E-state index contributed by atoms with van der Waals surface area (Å²) < 4.78 is 26.1. The third kappa shape index (κ3) is 5.42. The maximum Gasteiger partial charge on any atom is 0.221 e. The van der Waals surface area contributed by atoms with Gasteiger partial charge in [-0.25, -0.2) is 8.78 Å². The quantitative estimate of drug-likeness (QED) is 0.831. The predicted molar refractivity (Wildman–Crippen MR) is 68.9 cm³/mol. The molecule has 0 spiro atoms. The summed E-state index contributed by atoms with van der Waals surface area (Å²) in [5.41, 5.74) is 0.277. The van der Waals surface area contributed by atoms with Crippen LogP contribution in [0.25, 0.3) is 0 Å². The Morgan fingerprint density at radius 1 is 1.28 bits per heavy atom. The van der Waals surface area contributed by atoms with Crippen molar-refractivity contribution in [1.82, 2.24) is 10.6 Å². The molecule has 6 heteroatoms. The van der Waals surface area contributed by atoms with Gasteiger partial charge in [-0.15, -0.1) is 12.4 Å². The molecule has 0 atom stereocenters. The second-order valence-electron chi connectivity index (χ2n) is 3.67. The maximum absolute atomic E-state index is 13.2. The van der Waals surface area contributed by atoms with Gasteiger partial charge >= 0.3 is 0 Å². The Morgan fingerprint density at radius 3 is 2.67 bits per heavy atom. The fourth-order valence-electron chi connectivity index (χ4n) is 1.41. The normalized spacial score (nSPS) is 9.72. The van der Waals surface area contributed by atoms with Crippen molar-refractivity contribution >= 4 is 18.3 Å². The second kappa shape index (κ2) is 8.83. The van der Waals surface area contributed by atoms with Crippen molar-refractivity contribution in [2.24, 2.45) is 0 Å². The van der Waals surface area contributed by atoms with Crippen LogP contribution >= 0.6 is 12.4 Å². The lowest BCUT2D eigenvalue weighted by atomic mass is 10.1. The van der Waals surface area contributed by atoms with E-state index in [1.807, 2.05) is 0 Å². The van der Waals surface area contributed by atoms with Crippen LogP contribution < -0.4 is 10.6 Å². The van der Waals surface area contributed by atoms with E-state index < -0.39 is 11.6 Å². The van der Waals surface area contributed by atoms with E-state index in [1.54, 1.807) is 7.05 Å². The first-order valence-electron chi connectivity index (χ1n) is 5.49. The van der Waals surface area contributed by atoms with E-state index in [2.05, 4.69) is 10.6 Å². The zero-order valence-corrected chi connectivity index (χ0v) is 10.9. The molecule has 2 N–H and O–H groups in total. The molecule has 0 unspecified atom stereocenters. The molecule has 0 radical (unpaired) electrons. The molecule has 102 valence electrons. The van der Waals surface area contributed by atoms with E-state index in [0.29, 0.717) is 19.5 Å². The van der Waals surface area contributed by atoms with Gasteiger partial charge in [0.25, 0.3) is 0 Å². The van der Waals surface area contributed by atoms with Gasteiger partial charge in [-0.3, -0.25) is 4.79 Å². The number of rotatable bonds is 6. The van der Waals surface area contributed by atoms with Crippen LogP contribution in [0.15, 0.2) is 18.2 Å². The number of hydrogen-bond donors (Lipinski definition) is 2. The highest BCUT2D eigenvalue weighted by molar-refractivity contribution is 5.85. The van der Waals surface area contributed by atoms with Crippen molar-refractivity contribution < 1.29 is 13.6 Å². The molecule has 1 aromatic carbocycles. The Kier molecular flexibility index (Phi) is 8.24. The second-order valence-corrected chi connectivity index (χ2v) is 3.67. The van der Waals surface area contributed by atoms with E-state index in [4.69, 9.17) is 0 Å². The molecule has 1 amide bonds. The lowest BCUT2D eigenvalue weighted by molar-refractivity contribution is -0.120. The number of carbonyl (C=O) groups is 1. The molecule has 1 rings (SSSR count). The van der Waals surface area contributed by atoms with Crippen LogP contribution in [0, 0.1) is 11.6 Å². The number of amides is 1. The Hall–Kier alpha value is -1.20. The van der Waals surface area contributed by atoms with Gasteiger partial charge in [-0.05, 0) is 25.1 Å². The molecule has 3 nitrogen and oxygen atoms in total. The first-order chi connectivity index (χ1) is 8.15. The minimum atomic E-state index is -0.857. The fourth-order valence-corrected chi connectivity index (χ4v) is 1.41. The van der Waals surface area contributed by atoms with Crippen molar-refractivity contribution in [3.63, 3.8) is 0 Å². The molecule has 18 heavy (non-hydrogen) atoms. The van der Waals surface area contributed by atoms with E-state index in [0.717, 1.165) is 6.07 Å². The molecule has 0 aromatic heterocycles. The molecular weight excluding hydrogens is 262 g/mol. The topological polar surface area (TPSA) is 41.1 Å². The first kappa shape index (κ1) is 16.8. The minimum Gasteiger partial charge on any atom is -0.356 e. The standard InChI is InChI=1S/C12H16F2N2O.ClH/c1-15-7-6-11(17)16-8-5-9-3-2-4-10(13)12(9)14;/h2-4,15H,5-8H2,1H3,(H,16,17);1H. The van der Waals surface area contributed by atoms with Crippen LogP contribution in [0.1, 0.15) is 12.0 Å². The smallest absolute Gasteiger partial charge is 0.221 e. The number of benzene rings is 1. The molecule has 0 heterocycles. The Morgan fingerprint density at radius 2 is 2.00 bits per heavy atom. The SMILES string of the molecule is CNCCC(=O)NCCc1cccc(F)c1F.Cl. The molecule has 0 bridgehead atoms. The van der Waals surface area contributed by atoms with E-state index in [9.17, 15) is 13.6 Å². The largest absolute Gasteiger partial charge is 0.356 e. The van der Waals surface area contributed by atoms with Crippen LogP contribution in [0.4, 0.5) is 8.78 Å². The Labute approximate surface area is 111 Å². The number of nitrogens with one attached hydrogen (secondary N) is 2. The summed E-state index contributed by atoms with van der Waals surface area (Å²) in [7, 11) is 1.76. The fraction of sp³-hybridized carbons (Fsp3) is 0.417. The molecule has 0 aliphatic heterocycles. The van der Waals surface area contributed by atoms with Crippen LogP contribution in [-0.2, 0) is 11.2 Å². The summed E-state index contributed by atoms with van der Waals surface area (Å²) in [6.45, 7) is 0.906. The number of hydrogen-bond acceptors (Lipinski definition) is 2. The Bertz CT molecular complexity index is 388. The van der Waals surface area contributed by atoms with Crippen LogP contribution in [-0.4, -0.2) is 26.0 Å². The van der Waals surface area contributed by atoms with Crippen LogP contribution in [0.3, 0.4) is 0 Å². The van der Waals surface area contributed by atoms with E-state index in [1.165, 1.54) is 12.1 Å². The van der Waals surface area contributed by atoms with Gasteiger partial charge < -0.3 is 10.6 Å². The molecule has 0 saturated carbocycles. The summed E-state index contributed by atoms with van der Waals surface area (Å²) in [6.07, 6.45) is 0.664. The first-order valence-corrected chi connectivity index (χ1v) is 5.49. The number of halogens is 3. The number of carbonyl (C=O) groups excluding carboxylic acids is 1. The van der Waals surface area contributed by atoms with Crippen molar-refractivity contribution in [1.29, 1.82) is 0 Å². The molecule has 0 aliphatic rings. The average molecular weight is 279 g/mol. The highest BCUT2D eigenvalue weighted by atomic mass is 35.5. The van der Waals surface area contributed by atoms with Gasteiger partial charge in [0.2, 0.25) is 5.91 Å². The zero-order chi connectivity index (χ0) is 12.7. The minimum absolute atomic E-state index is 0. The summed E-state index contributed by atoms with van der Waals surface area (Å²) >= 11 is 0. The van der Waals surface area contributed by atoms with Crippen LogP contribution in [0.2, 0.25) is 0 Å². The van der Waals surface area contributed by atoms with Gasteiger partial charge in [0.15, 0.2) is 11.6 Å².